The van der Waals surface area contributed by atoms with Crippen LogP contribution in [0.4, 0.5) is 0 Å². The molecule has 0 bridgehead atoms. The molecule has 0 radical (unpaired) electrons. The topological polar surface area (TPSA) is 147 Å². The van der Waals surface area contributed by atoms with E-state index in [0.717, 1.165) is 5.56 Å². The van der Waals surface area contributed by atoms with Crippen LogP contribution in [-0.4, -0.2) is 42.2 Å². The smallest absolute Gasteiger partial charge is 0.265 e. The highest BCUT2D eigenvalue weighted by Gasteiger charge is 2.31. The highest BCUT2D eigenvalue weighted by Crippen LogP contribution is 2.22. The minimum Gasteiger partial charge on any atom is -0.366 e. The lowest BCUT2D eigenvalue weighted by atomic mass is 9.95. The largest absolute Gasteiger partial charge is 0.366 e. The van der Waals surface area contributed by atoms with Crippen molar-refractivity contribution >= 4 is 28.1 Å². The molecule has 2 atom stereocenters. The van der Waals surface area contributed by atoms with Gasteiger partial charge in [0.15, 0.2) is 0 Å². The molecule has 0 aliphatic carbocycles. The van der Waals surface area contributed by atoms with Crippen molar-refractivity contribution in [2.24, 2.45) is 5.73 Å². The first-order chi connectivity index (χ1) is 18.2. The first-order valence-corrected chi connectivity index (χ1v) is 13.1. The summed E-state index contributed by atoms with van der Waals surface area (Å²) in [4.78, 5) is 36.1. The van der Waals surface area contributed by atoms with Crippen molar-refractivity contribution in [2.75, 3.05) is 0 Å². The number of amides is 2. The van der Waals surface area contributed by atoms with Crippen LogP contribution in [0.5, 0.6) is 0 Å². The number of hydroxylamine groups is 1. The van der Waals surface area contributed by atoms with Gasteiger partial charge in [0.2, 0.25) is 11.8 Å². The molecule has 0 saturated heterocycles. The number of aldehydes is 1. The Labute approximate surface area is 221 Å². The number of hydrogen-bond donors (Lipinski definition) is 3. The van der Waals surface area contributed by atoms with E-state index in [-0.39, 0.29) is 34.9 Å². The molecule has 0 aromatic heterocycles. The Morgan fingerprint density at radius 1 is 1.03 bits per heavy atom. The molecule has 9 nitrogen and oxygen atoms in total. The quantitative estimate of drug-likeness (QED) is 0.185. The monoisotopic (exact) mass is 533 g/mol. The highest BCUT2D eigenvalue weighted by atomic mass is 32.2. The van der Waals surface area contributed by atoms with Gasteiger partial charge in [-0.1, -0.05) is 58.9 Å². The second kappa shape index (κ2) is 12.8. The zero-order valence-corrected chi connectivity index (χ0v) is 21.2. The van der Waals surface area contributed by atoms with E-state index in [1.165, 1.54) is 24.3 Å². The number of carbonyl (C=O) groups is 3. The van der Waals surface area contributed by atoms with Crippen molar-refractivity contribution in [3.63, 3.8) is 0 Å². The Balaban J connectivity index is 1.72. The van der Waals surface area contributed by atoms with Gasteiger partial charge in [0.05, 0.1) is 10.9 Å². The predicted octanol–water partition coefficient (Wildman–Crippen LogP) is 2.59. The molecule has 0 saturated carbocycles. The number of nitrogens with zero attached hydrogens (tertiary/aromatic N) is 1. The lowest BCUT2D eigenvalue weighted by Gasteiger charge is -2.23. The third-order valence-electron chi connectivity index (χ3n) is 5.92. The number of rotatable bonds is 12. The molecule has 0 fully saturated rings. The fourth-order valence-electron chi connectivity index (χ4n) is 3.88. The molecule has 38 heavy (non-hydrogen) atoms. The zero-order chi connectivity index (χ0) is 27.7. The Morgan fingerprint density at radius 2 is 1.66 bits per heavy atom. The number of nitrogens with one attached hydrogen (secondary N) is 1. The minimum absolute atomic E-state index is 0.0457. The fourth-order valence-corrected chi connectivity index (χ4v) is 5.09. The van der Waals surface area contributed by atoms with Gasteiger partial charge in [0.1, 0.15) is 12.3 Å². The van der Waals surface area contributed by atoms with E-state index < -0.39 is 33.9 Å². The third-order valence-corrected chi connectivity index (χ3v) is 7.55. The molecule has 3 aromatic carbocycles. The van der Waals surface area contributed by atoms with Crippen molar-refractivity contribution in [2.45, 2.75) is 36.2 Å². The van der Waals surface area contributed by atoms with E-state index in [0.29, 0.717) is 16.7 Å². The highest BCUT2D eigenvalue weighted by molar-refractivity contribution is 7.89. The summed E-state index contributed by atoms with van der Waals surface area (Å²) >= 11 is 0. The molecule has 196 valence electrons. The van der Waals surface area contributed by atoms with E-state index in [4.69, 9.17) is 12.2 Å². The van der Waals surface area contributed by atoms with Crippen LogP contribution in [0.3, 0.4) is 0 Å². The number of primary amides is 1. The summed E-state index contributed by atoms with van der Waals surface area (Å²) in [5.74, 6) is 1.29. The summed E-state index contributed by atoms with van der Waals surface area (Å²) in [7, 11) is -4.43. The van der Waals surface area contributed by atoms with Gasteiger partial charge in [-0.15, -0.1) is 6.42 Å². The first-order valence-electron chi connectivity index (χ1n) is 11.6. The Hall–Kier alpha value is -4.30. The summed E-state index contributed by atoms with van der Waals surface area (Å²) in [6.07, 6.45) is 5.28. The second-order valence-corrected chi connectivity index (χ2v) is 10.2. The molecular weight excluding hydrogens is 506 g/mol. The van der Waals surface area contributed by atoms with Crippen molar-refractivity contribution in [3.8, 4) is 12.3 Å². The molecule has 0 aliphatic rings. The summed E-state index contributed by atoms with van der Waals surface area (Å²) in [5, 5.41) is 13.2. The fraction of sp³-hybridized carbons (Fsp3) is 0.179. The molecule has 0 heterocycles. The van der Waals surface area contributed by atoms with Crippen LogP contribution in [-0.2, 0) is 26.0 Å². The van der Waals surface area contributed by atoms with Crippen LogP contribution in [0.25, 0.3) is 0 Å². The lowest BCUT2D eigenvalue weighted by molar-refractivity contribution is -0.124. The normalized spacial score (nSPS) is 12.8. The van der Waals surface area contributed by atoms with Gasteiger partial charge >= 0.3 is 0 Å². The van der Waals surface area contributed by atoms with Crippen LogP contribution in [0.1, 0.15) is 45.9 Å². The molecule has 4 N–H and O–H groups in total. The van der Waals surface area contributed by atoms with Gasteiger partial charge in [-0.05, 0) is 54.3 Å². The van der Waals surface area contributed by atoms with Crippen LogP contribution in [0.15, 0.2) is 83.8 Å². The van der Waals surface area contributed by atoms with Gasteiger partial charge in [-0.3, -0.25) is 14.8 Å². The maximum absolute atomic E-state index is 12.9. The van der Waals surface area contributed by atoms with Crippen molar-refractivity contribution < 1.29 is 28.0 Å². The molecule has 3 rings (SSSR count). The van der Waals surface area contributed by atoms with E-state index in [1.807, 2.05) is 30.3 Å². The standard InChI is InChI=1S/C28H27N3O6S/c1-2-20-12-15-24(16-13-20)38(36,37)31(35)23(19-32)14-17-27(33)30-26(21-8-4-3-5-9-21)18-22-10-6-7-11-25(22)28(29)34/h1,3-13,15-16,19,23,26,35H,14,17-18H2,(H2,29,34)(H,30,33)/t23-,26?/m1/s1. The number of benzene rings is 3. The Morgan fingerprint density at radius 3 is 2.26 bits per heavy atom. The lowest BCUT2D eigenvalue weighted by Crippen LogP contribution is -2.40. The molecule has 0 aliphatic heterocycles. The molecular formula is C28H27N3O6S. The van der Waals surface area contributed by atoms with Crippen LogP contribution in [0.2, 0.25) is 0 Å². The number of sulfonamides is 1. The first kappa shape index (κ1) is 28.3. The van der Waals surface area contributed by atoms with Gasteiger partial charge in [0, 0.05) is 17.5 Å². The zero-order valence-electron chi connectivity index (χ0n) is 20.4. The molecule has 1 unspecified atom stereocenters. The van der Waals surface area contributed by atoms with Gasteiger partial charge in [-0.2, -0.15) is 0 Å². The van der Waals surface area contributed by atoms with Crippen molar-refractivity contribution in [3.05, 3.63) is 101 Å². The van der Waals surface area contributed by atoms with E-state index in [9.17, 15) is 28.0 Å². The second-order valence-electron chi connectivity index (χ2n) is 8.44. The Kier molecular flexibility index (Phi) is 9.51. The summed E-state index contributed by atoms with van der Waals surface area (Å²) in [6.45, 7) is 0. The maximum Gasteiger partial charge on any atom is 0.265 e. The number of carbonyl (C=O) groups excluding carboxylic acids is 3. The number of nitrogens with two attached hydrogens (primary N) is 1. The predicted molar refractivity (Wildman–Crippen MR) is 140 cm³/mol. The van der Waals surface area contributed by atoms with E-state index in [1.54, 1.807) is 24.3 Å². The van der Waals surface area contributed by atoms with E-state index in [2.05, 4.69) is 11.2 Å². The summed E-state index contributed by atoms with van der Waals surface area (Å²) in [5.41, 5.74) is 7.70. The van der Waals surface area contributed by atoms with Crippen LogP contribution in [0, 0.1) is 12.3 Å². The summed E-state index contributed by atoms with van der Waals surface area (Å²) < 4.78 is 25.5. The molecule has 10 heteroatoms. The number of hydrogen-bond acceptors (Lipinski definition) is 6. The van der Waals surface area contributed by atoms with Crippen LogP contribution >= 0.6 is 0 Å². The number of terminal acetylenes is 1. The molecule has 0 spiro atoms. The van der Waals surface area contributed by atoms with Gasteiger partial charge in [0.25, 0.3) is 10.0 Å². The SMILES string of the molecule is C#Cc1ccc(S(=O)(=O)N(O)[C@@H](C=O)CCC(=O)NC(Cc2ccccc2C(N)=O)c2ccccc2)cc1. The van der Waals surface area contributed by atoms with Crippen molar-refractivity contribution in [1.82, 2.24) is 9.79 Å². The summed E-state index contributed by atoms with van der Waals surface area (Å²) in [6, 6.07) is 19.1. The van der Waals surface area contributed by atoms with Gasteiger partial charge in [-0.25, -0.2) is 8.42 Å². The average molecular weight is 534 g/mol. The van der Waals surface area contributed by atoms with Crippen LogP contribution < -0.4 is 11.1 Å². The van der Waals surface area contributed by atoms with Crippen molar-refractivity contribution in [1.29, 1.82) is 0 Å². The van der Waals surface area contributed by atoms with E-state index >= 15 is 0 Å². The minimum atomic E-state index is -4.43. The third kappa shape index (κ3) is 6.92. The molecule has 3 aromatic rings. The molecule has 2 amide bonds. The van der Waals surface area contributed by atoms with Gasteiger partial charge < -0.3 is 15.8 Å². The Bertz CT molecular complexity index is 1430. The average Bonchev–Trinajstić information content (AvgIpc) is 2.93. The maximum atomic E-state index is 12.9.